The van der Waals surface area contributed by atoms with Crippen LogP contribution < -0.4 is 0 Å². The molecule has 188 valence electrons. The van der Waals surface area contributed by atoms with Gasteiger partial charge >= 0.3 is 23.9 Å². The minimum Gasteiger partial charge on any atom is -0.463 e. The molecule has 2 heterocycles. The summed E-state index contributed by atoms with van der Waals surface area (Å²) in [6.07, 6.45) is -3.17. The highest BCUT2D eigenvalue weighted by atomic mass is 16.7. The van der Waals surface area contributed by atoms with Crippen molar-refractivity contribution in [2.75, 3.05) is 6.61 Å². The van der Waals surface area contributed by atoms with E-state index in [1.54, 1.807) is 35.0 Å². The summed E-state index contributed by atoms with van der Waals surface area (Å²) in [6.45, 7) is 4.35. The number of carbonyl (C=O) groups is 4. The van der Waals surface area contributed by atoms with E-state index in [1.165, 1.54) is 20.1 Å². The SMILES string of the molecule is CC(=O)OC[C@H]1O[C@@H](n2cc(/C=N/O)c3ccccc32)[C@H](OC(C)=O)[C@@H](OC(C)=O)[C@@H]1OC(C)=O. The number of rotatable bonds is 7. The summed E-state index contributed by atoms with van der Waals surface area (Å²) in [5.41, 5.74) is 1.14. The second-order valence-electron chi connectivity index (χ2n) is 7.84. The monoisotopic (exact) mass is 490 g/mol. The molecular weight excluding hydrogens is 464 g/mol. The van der Waals surface area contributed by atoms with Crippen molar-refractivity contribution < 1.29 is 48.1 Å². The number of para-hydroxylation sites is 1. The zero-order chi connectivity index (χ0) is 25.7. The summed E-state index contributed by atoms with van der Waals surface area (Å²) in [5.74, 6) is -2.74. The Morgan fingerprint density at radius 3 is 2.14 bits per heavy atom. The van der Waals surface area contributed by atoms with Crippen LogP contribution in [-0.2, 0) is 42.9 Å². The predicted molar refractivity (Wildman–Crippen MR) is 119 cm³/mol. The lowest BCUT2D eigenvalue weighted by atomic mass is 9.97. The Bertz CT molecular complexity index is 1140. The van der Waals surface area contributed by atoms with Crippen LogP contribution in [0.15, 0.2) is 35.6 Å². The molecular formula is C23H26N2O10. The van der Waals surface area contributed by atoms with E-state index in [0.717, 1.165) is 13.8 Å². The molecule has 5 atom stereocenters. The maximum atomic E-state index is 12.1. The molecule has 1 aliphatic heterocycles. The highest BCUT2D eigenvalue weighted by Crippen LogP contribution is 2.37. The normalized spacial score (nSPS) is 24.2. The highest BCUT2D eigenvalue weighted by molar-refractivity contribution is 5.99. The van der Waals surface area contributed by atoms with E-state index in [1.807, 2.05) is 0 Å². The molecule has 1 fully saturated rings. The lowest BCUT2D eigenvalue weighted by Gasteiger charge is -2.44. The van der Waals surface area contributed by atoms with Crippen molar-refractivity contribution in [3.05, 3.63) is 36.0 Å². The average molecular weight is 490 g/mol. The molecule has 1 N–H and O–H groups in total. The maximum absolute atomic E-state index is 12.1. The zero-order valence-electron chi connectivity index (χ0n) is 19.6. The number of aromatic nitrogens is 1. The first kappa shape index (κ1) is 25.7. The third kappa shape index (κ3) is 5.96. The summed E-state index contributed by atoms with van der Waals surface area (Å²) in [7, 11) is 0. The van der Waals surface area contributed by atoms with Gasteiger partial charge in [0.05, 0.1) is 11.7 Å². The Morgan fingerprint density at radius 1 is 0.943 bits per heavy atom. The van der Waals surface area contributed by atoms with Gasteiger partial charge in [-0.25, -0.2) is 0 Å². The molecule has 35 heavy (non-hydrogen) atoms. The van der Waals surface area contributed by atoms with Crippen molar-refractivity contribution in [3.8, 4) is 0 Å². The fraction of sp³-hybridized carbons (Fsp3) is 0.435. The van der Waals surface area contributed by atoms with Crippen LogP contribution in [0.5, 0.6) is 0 Å². The Hall–Kier alpha value is -3.93. The van der Waals surface area contributed by atoms with E-state index < -0.39 is 54.5 Å². The number of hydrogen-bond acceptors (Lipinski definition) is 11. The van der Waals surface area contributed by atoms with Crippen LogP contribution in [0.3, 0.4) is 0 Å². The molecule has 0 aliphatic carbocycles. The lowest BCUT2D eigenvalue weighted by molar-refractivity contribution is -0.267. The van der Waals surface area contributed by atoms with Gasteiger partial charge in [-0.15, -0.1) is 0 Å². The molecule has 3 rings (SSSR count). The molecule has 0 amide bonds. The molecule has 0 radical (unpaired) electrons. The Morgan fingerprint density at radius 2 is 1.54 bits per heavy atom. The summed E-state index contributed by atoms with van der Waals surface area (Å²) >= 11 is 0. The molecule has 1 aliphatic rings. The maximum Gasteiger partial charge on any atom is 0.303 e. The first-order valence-electron chi connectivity index (χ1n) is 10.7. The number of benzene rings is 1. The Balaban J connectivity index is 2.18. The van der Waals surface area contributed by atoms with Crippen LogP contribution in [0, 0.1) is 0 Å². The van der Waals surface area contributed by atoms with E-state index in [-0.39, 0.29) is 6.61 Å². The van der Waals surface area contributed by atoms with E-state index in [9.17, 15) is 19.2 Å². The summed E-state index contributed by atoms with van der Waals surface area (Å²) in [4.78, 5) is 47.5. The molecule has 2 aromatic rings. The molecule has 12 heteroatoms. The molecule has 1 aromatic heterocycles. The van der Waals surface area contributed by atoms with Gasteiger partial charge < -0.3 is 33.5 Å². The number of carbonyl (C=O) groups excluding carboxylic acids is 4. The fourth-order valence-electron chi connectivity index (χ4n) is 4.04. The van der Waals surface area contributed by atoms with Gasteiger partial charge in [0.1, 0.15) is 12.7 Å². The Kier molecular flexibility index (Phi) is 8.07. The minimum atomic E-state index is -1.30. The van der Waals surface area contributed by atoms with E-state index in [2.05, 4.69) is 5.16 Å². The molecule has 1 saturated heterocycles. The molecule has 0 bridgehead atoms. The van der Waals surface area contributed by atoms with E-state index >= 15 is 0 Å². The summed E-state index contributed by atoms with van der Waals surface area (Å²) in [6, 6.07) is 7.10. The Labute approximate surface area is 200 Å². The van der Waals surface area contributed by atoms with Gasteiger partial charge in [-0.1, -0.05) is 23.4 Å². The highest BCUT2D eigenvalue weighted by Gasteiger charge is 2.53. The third-order valence-corrected chi connectivity index (χ3v) is 5.21. The van der Waals surface area contributed by atoms with E-state index in [0.29, 0.717) is 16.5 Å². The van der Waals surface area contributed by atoms with Gasteiger partial charge in [0.2, 0.25) is 0 Å². The largest absolute Gasteiger partial charge is 0.463 e. The first-order valence-corrected chi connectivity index (χ1v) is 10.7. The molecule has 0 spiro atoms. The zero-order valence-corrected chi connectivity index (χ0v) is 19.6. The lowest BCUT2D eigenvalue weighted by Crippen LogP contribution is -2.60. The molecule has 0 unspecified atom stereocenters. The minimum absolute atomic E-state index is 0.335. The number of nitrogens with zero attached hydrogens (tertiary/aromatic N) is 2. The summed E-state index contributed by atoms with van der Waals surface area (Å²) < 4.78 is 29.3. The van der Waals surface area contributed by atoms with Crippen LogP contribution in [0.2, 0.25) is 0 Å². The van der Waals surface area contributed by atoms with Crippen molar-refractivity contribution in [3.63, 3.8) is 0 Å². The second kappa shape index (κ2) is 11.0. The third-order valence-electron chi connectivity index (χ3n) is 5.21. The van der Waals surface area contributed by atoms with Crippen LogP contribution in [0.4, 0.5) is 0 Å². The smallest absolute Gasteiger partial charge is 0.303 e. The van der Waals surface area contributed by atoms with Crippen molar-refractivity contribution in [2.45, 2.75) is 58.3 Å². The first-order chi connectivity index (χ1) is 16.6. The fourth-order valence-corrected chi connectivity index (χ4v) is 4.04. The molecule has 12 nitrogen and oxygen atoms in total. The van der Waals surface area contributed by atoms with Gasteiger partial charge in [0, 0.05) is 44.8 Å². The molecule has 1 aromatic carbocycles. The quantitative estimate of drug-likeness (QED) is 0.200. The van der Waals surface area contributed by atoms with Gasteiger partial charge in [0.25, 0.3) is 0 Å². The number of ether oxygens (including phenoxy) is 5. The second-order valence-corrected chi connectivity index (χ2v) is 7.84. The number of esters is 4. The van der Waals surface area contributed by atoms with Gasteiger partial charge in [-0.2, -0.15) is 0 Å². The predicted octanol–water partition coefficient (Wildman–Crippen LogP) is 1.70. The number of hydrogen-bond donors (Lipinski definition) is 1. The standard InChI is InChI=1S/C23H26N2O10/c1-12(26)31-11-19-20(32-13(2)27)21(33-14(3)28)22(34-15(4)29)23(35-19)25-10-16(9-24-30)17-7-5-6-8-18(17)25/h5-10,19-23,30H,11H2,1-4H3/b24-9+/t19-,20-,21+,22-,23-/m1/s1. The topological polar surface area (TPSA) is 152 Å². The van der Waals surface area contributed by atoms with Crippen LogP contribution in [0.1, 0.15) is 39.5 Å². The van der Waals surface area contributed by atoms with E-state index in [4.69, 9.17) is 28.9 Å². The average Bonchev–Trinajstić information content (AvgIpc) is 3.13. The molecule has 0 saturated carbocycles. The van der Waals surface area contributed by atoms with Crippen molar-refractivity contribution in [1.29, 1.82) is 0 Å². The van der Waals surface area contributed by atoms with Crippen molar-refractivity contribution in [1.82, 2.24) is 4.57 Å². The number of oxime groups is 1. The summed E-state index contributed by atoms with van der Waals surface area (Å²) in [5, 5.41) is 12.9. The van der Waals surface area contributed by atoms with Gasteiger partial charge in [0.15, 0.2) is 24.5 Å². The van der Waals surface area contributed by atoms with Gasteiger partial charge in [-0.3, -0.25) is 19.2 Å². The van der Waals surface area contributed by atoms with Crippen molar-refractivity contribution in [2.24, 2.45) is 5.16 Å². The van der Waals surface area contributed by atoms with Crippen molar-refractivity contribution >= 4 is 41.0 Å². The van der Waals surface area contributed by atoms with Crippen LogP contribution in [0.25, 0.3) is 10.9 Å². The number of fused-ring (bicyclic) bond motifs is 1. The van der Waals surface area contributed by atoms with Gasteiger partial charge in [-0.05, 0) is 6.07 Å². The van der Waals surface area contributed by atoms with Crippen LogP contribution >= 0.6 is 0 Å². The van der Waals surface area contributed by atoms with Crippen LogP contribution in [-0.4, -0.2) is 70.9 Å².